The van der Waals surface area contributed by atoms with Crippen molar-refractivity contribution in [3.05, 3.63) is 0 Å². The van der Waals surface area contributed by atoms with Gasteiger partial charge in [0.1, 0.15) is 5.37 Å². The zero-order valence-corrected chi connectivity index (χ0v) is 5.16. The average molecular weight is 174 g/mol. The molecule has 0 spiro atoms. The van der Waals surface area contributed by atoms with Crippen LogP contribution in [-0.4, -0.2) is 25.7 Å². The number of rotatable bonds is 1. The van der Waals surface area contributed by atoms with Crippen molar-refractivity contribution in [2.75, 3.05) is 0 Å². The van der Waals surface area contributed by atoms with Crippen LogP contribution in [0.25, 0.3) is 0 Å². The van der Waals surface area contributed by atoms with Crippen LogP contribution in [0.15, 0.2) is 0 Å². The molecule has 0 N–H and O–H groups in total. The molecule has 0 unspecified atom stereocenters. The molecule has 0 radical (unpaired) electrons. The molecular weight excluding hydrogens is 173 g/mol. The molecule has 3 nitrogen and oxygen atoms in total. The summed E-state index contributed by atoms with van der Waals surface area (Å²) in [6.45, 7) is 0. The minimum atomic E-state index is -5.10. The van der Waals surface area contributed by atoms with Gasteiger partial charge in [-0.25, -0.2) is 0 Å². The topological polar surface area (TPSA) is 51.2 Å². The lowest BCUT2D eigenvalue weighted by Gasteiger charge is -1.95. The molecule has 0 saturated heterocycles. The molecule has 0 rings (SSSR count). The normalized spacial score (nSPS) is 10.7. The summed E-state index contributed by atoms with van der Waals surface area (Å²) in [6, 6.07) is 0. The number of carbonyl (C=O) groups is 1. The van der Waals surface area contributed by atoms with Crippen LogP contribution in [0, 0.1) is 0 Å². The molecule has 0 aromatic heterocycles. The minimum Gasteiger partial charge on any atom is -0.284 e. The summed E-state index contributed by atoms with van der Waals surface area (Å²) in [5.74, 6) is -2.37. The van der Waals surface area contributed by atoms with Crippen molar-refractivity contribution < 1.29 is 26.4 Å². The van der Waals surface area contributed by atoms with Crippen LogP contribution in [0.4, 0.5) is 13.2 Å². The van der Waals surface area contributed by atoms with E-state index in [0.29, 0.717) is 0 Å². The van der Waals surface area contributed by atoms with Crippen LogP contribution < -0.4 is 0 Å². The minimum absolute atomic E-state index is 0.431. The third-order valence-corrected chi connectivity index (χ3v) is 0.889. The van der Waals surface area contributed by atoms with E-state index in [1.54, 1.807) is 0 Å². The Morgan fingerprint density at radius 1 is 1.30 bits per heavy atom. The molecule has 0 heterocycles. The van der Waals surface area contributed by atoms with Gasteiger partial charge in [-0.1, -0.05) is 0 Å². The molecule has 7 heteroatoms. The molecule has 0 saturated carbocycles. The monoisotopic (exact) mass is 174 g/mol. The first kappa shape index (κ1) is 9.15. The molecule has 0 atom stereocenters. The Morgan fingerprint density at radius 3 is 1.80 bits per heavy atom. The Balaban J connectivity index is 4.58. The lowest BCUT2D eigenvalue weighted by molar-refractivity contribution is -0.162. The summed E-state index contributed by atoms with van der Waals surface area (Å²) < 4.78 is 52.4. The Bertz CT molecular complexity index is 251. The predicted octanol–water partition coefficient (Wildman–Crippen LogP) is -0.201. The number of halogens is 3. The van der Waals surface area contributed by atoms with Gasteiger partial charge < -0.3 is 0 Å². The highest BCUT2D eigenvalue weighted by Crippen LogP contribution is 2.13. The van der Waals surface area contributed by atoms with Crippen LogP contribution >= 0.6 is 0 Å². The maximum Gasteiger partial charge on any atom is 0.455 e. The number of Topliss-reactive ketones (excluding diaryl/α,β-unsaturated/α-hetero) is 1. The molecule has 0 amide bonds. The highest BCUT2D eigenvalue weighted by molar-refractivity contribution is 7.73. The zero-order valence-electron chi connectivity index (χ0n) is 4.34. The van der Waals surface area contributed by atoms with E-state index in [1.165, 1.54) is 0 Å². The first-order valence-corrected chi connectivity index (χ1v) is 3.02. The van der Waals surface area contributed by atoms with Crippen molar-refractivity contribution in [1.29, 1.82) is 0 Å². The summed E-state index contributed by atoms with van der Waals surface area (Å²) in [6.07, 6.45) is -5.10. The summed E-state index contributed by atoms with van der Waals surface area (Å²) >= 11 is 0. The second-order valence-corrected chi connectivity index (χ2v) is 2.00. The van der Waals surface area contributed by atoms with Crippen molar-refractivity contribution in [2.24, 2.45) is 0 Å². The van der Waals surface area contributed by atoms with Crippen LogP contribution in [0.3, 0.4) is 0 Å². The number of alkyl halides is 3. The van der Waals surface area contributed by atoms with E-state index in [-0.39, 0.29) is 0 Å². The summed E-state index contributed by atoms with van der Waals surface area (Å²) in [5.41, 5.74) is 0. The Kier molecular flexibility index (Phi) is 2.58. The SMILES string of the molecule is O=C(C=S(=O)=O)C(F)(F)F. The Hall–Kier alpha value is -0.850. The van der Waals surface area contributed by atoms with Crippen molar-refractivity contribution in [3.8, 4) is 0 Å². The fourth-order valence-electron chi connectivity index (χ4n) is 0.154. The molecule has 0 aliphatic carbocycles. The van der Waals surface area contributed by atoms with Gasteiger partial charge in [0.2, 0.25) is 10.3 Å². The van der Waals surface area contributed by atoms with Crippen molar-refractivity contribution >= 4 is 21.4 Å². The van der Waals surface area contributed by atoms with Gasteiger partial charge >= 0.3 is 6.18 Å². The summed E-state index contributed by atoms with van der Waals surface area (Å²) in [7, 11) is -3.09. The van der Waals surface area contributed by atoms with E-state index in [9.17, 15) is 26.4 Å². The summed E-state index contributed by atoms with van der Waals surface area (Å²) in [4.78, 5) is 9.70. The average Bonchev–Trinajstić information content (AvgIpc) is 1.60. The molecule has 0 aliphatic rings. The van der Waals surface area contributed by atoms with Gasteiger partial charge in [0.15, 0.2) is 0 Å². The Labute approximate surface area is 55.0 Å². The highest BCUT2D eigenvalue weighted by Gasteiger charge is 2.37. The predicted molar refractivity (Wildman–Crippen MR) is 26.0 cm³/mol. The largest absolute Gasteiger partial charge is 0.455 e. The molecule has 0 aromatic carbocycles. The number of hydrogen-bond acceptors (Lipinski definition) is 3. The quantitative estimate of drug-likeness (QED) is 0.517. The zero-order chi connectivity index (χ0) is 8.36. The fraction of sp³-hybridized carbons (Fsp3) is 0.333. The second-order valence-electron chi connectivity index (χ2n) is 1.24. The molecule has 10 heavy (non-hydrogen) atoms. The van der Waals surface area contributed by atoms with Crippen LogP contribution in [0.5, 0.6) is 0 Å². The molecule has 0 aliphatic heterocycles. The molecule has 0 fully saturated rings. The maximum absolute atomic E-state index is 11.2. The van der Waals surface area contributed by atoms with Gasteiger partial charge in [0.05, 0.1) is 0 Å². The molecule has 58 valence electrons. The van der Waals surface area contributed by atoms with Crippen molar-refractivity contribution in [2.45, 2.75) is 6.18 Å². The third kappa shape index (κ3) is 3.23. The standard InChI is InChI=1S/C3HF3O3S/c4-3(5,6)2(7)1-10(8)9/h1H. The second kappa shape index (κ2) is 2.82. The van der Waals surface area contributed by atoms with Gasteiger partial charge in [-0.2, -0.15) is 21.6 Å². The van der Waals surface area contributed by atoms with E-state index in [1.807, 2.05) is 0 Å². The van der Waals surface area contributed by atoms with E-state index < -0.39 is 27.6 Å². The molecule has 0 aromatic rings. The lowest BCUT2D eigenvalue weighted by Crippen LogP contribution is -2.23. The maximum atomic E-state index is 11.2. The van der Waals surface area contributed by atoms with E-state index in [0.717, 1.165) is 0 Å². The van der Waals surface area contributed by atoms with Gasteiger partial charge in [0, 0.05) is 0 Å². The fourth-order valence-corrected chi connectivity index (χ4v) is 0.463. The lowest BCUT2D eigenvalue weighted by atomic mass is 10.4. The summed E-state index contributed by atoms with van der Waals surface area (Å²) in [5, 5.41) is -0.431. The number of hydrogen-bond donors (Lipinski definition) is 0. The third-order valence-electron chi connectivity index (χ3n) is 0.483. The van der Waals surface area contributed by atoms with Gasteiger partial charge in [-0.15, -0.1) is 0 Å². The molecule has 0 bridgehead atoms. The van der Waals surface area contributed by atoms with E-state index in [2.05, 4.69) is 0 Å². The van der Waals surface area contributed by atoms with Crippen LogP contribution in [0.1, 0.15) is 0 Å². The van der Waals surface area contributed by atoms with Crippen LogP contribution in [0.2, 0.25) is 0 Å². The molecular formula is C3HF3O3S. The van der Waals surface area contributed by atoms with Crippen LogP contribution in [-0.2, 0) is 15.1 Å². The van der Waals surface area contributed by atoms with Gasteiger partial charge in [-0.3, -0.25) is 4.79 Å². The van der Waals surface area contributed by atoms with Gasteiger partial charge in [-0.05, 0) is 0 Å². The Morgan fingerprint density at radius 2 is 1.70 bits per heavy atom. The first-order chi connectivity index (χ1) is 4.34. The number of ketones is 1. The van der Waals surface area contributed by atoms with Gasteiger partial charge in [0.25, 0.3) is 5.78 Å². The van der Waals surface area contributed by atoms with E-state index >= 15 is 0 Å². The van der Waals surface area contributed by atoms with Crippen molar-refractivity contribution in [3.63, 3.8) is 0 Å². The number of carbonyl (C=O) groups excluding carboxylic acids is 1. The van der Waals surface area contributed by atoms with Crippen molar-refractivity contribution in [1.82, 2.24) is 0 Å². The smallest absolute Gasteiger partial charge is 0.284 e. The highest BCUT2D eigenvalue weighted by atomic mass is 32.2. The van der Waals surface area contributed by atoms with E-state index in [4.69, 9.17) is 0 Å². The first-order valence-electron chi connectivity index (χ1n) is 1.88.